The molecule has 2 bridgehead atoms. The van der Waals surface area contributed by atoms with Crippen molar-refractivity contribution in [2.45, 2.75) is 82.1 Å². The predicted molar refractivity (Wildman–Crippen MR) is 144 cm³/mol. The van der Waals surface area contributed by atoms with Crippen LogP contribution in [0.15, 0.2) is 4.99 Å². The highest BCUT2D eigenvalue weighted by Gasteiger charge is 2.44. The standard InChI is InChI=1S/C24H40N8O10/c1-10(2)18-23(41)28-8-14-20(38)19(37)13(42-14)7-15(33)30-11(4-3-5-27-24(25)26)21(39)29-9-16(34)31-12(6-17(35)36)22(40)32-18/h10-14,18-20,37-38H,3-9H2,1-2H3,(H,28,41)(H,29,39)(H,30,33)(H,31,34)(H,32,40)(H,35,36)(H4,25,26,27)/t11-,12-,13-,14+,18-,19-,20+/m0/s1. The lowest BCUT2D eigenvalue weighted by atomic mass is 10.0. The van der Waals surface area contributed by atoms with Crippen molar-refractivity contribution in [1.82, 2.24) is 26.6 Å². The second kappa shape index (κ2) is 15.8. The van der Waals surface area contributed by atoms with Gasteiger partial charge >= 0.3 is 5.97 Å². The molecular weight excluding hydrogens is 560 g/mol. The van der Waals surface area contributed by atoms with Crippen molar-refractivity contribution < 1.29 is 48.8 Å². The molecule has 0 aromatic carbocycles. The van der Waals surface area contributed by atoms with Crippen molar-refractivity contribution in [2.24, 2.45) is 22.4 Å². The van der Waals surface area contributed by atoms with E-state index in [4.69, 9.17) is 16.2 Å². The third-order valence-electron chi connectivity index (χ3n) is 6.62. The van der Waals surface area contributed by atoms with E-state index < -0.39 is 103 Å². The third kappa shape index (κ3) is 10.4. The second-order valence-corrected chi connectivity index (χ2v) is 10.4. The Morgan fingerprint density at radius 1 is 0.929 bits per heavy atom. The number of carboxylic acid groups (broad SMARTS) is 1. The highest BCUT2D eigenvalue weighted by Crippen LogP contribution is 2.23. The molecule has 18 nitrogen and oxygen atoms in total. The summed E-state index contributed by atoms with van der Waals surface area (Å²) in [6.45, 7) is 2.41. The first kappa shape index (κ1) is 34.2. The predicted octanol–water partition coefficient (Wildman–Crippen LogP) is -5.25. The minimum absolute atomic E-state index is 0.0436. The summed E-state index contributed by atoms with van der Waals surface area (Å²) in [7, 11) is 0. The van der Waals surface area contributed by atoms with Crippen LogP contribution in [0, 0.1) is 5.92 Å². The average molecular weight is 601 g/mol. The molecule has 2 aliphatic heterocycles. The average Bonchev–Trinajstić information content (AvgIpc) is 3.16. The number of hydrogen-bond donors (Lipinski definition) is 10. The minimum Gasteiger partial charge on any atom is -0.481 e. The van der Waals surface area contributed by atoms with E-state index in [1.807, 2.05) is 0 Å². The number of nitrogens with one attached hydrogen (secondary N) is 5. The molecule has 42 heavy (non-hydrogen) atoms. The Balaban J connectivity index is 2.32. The van der Waals surface area contributed by atoms with Gasteiger partial charge in [0.15, 0.2) is 5.96 Å². The quantitative estimate of drug-likeness (QED) is 0.0745. The van der Waals surface area contributed by atoms with Gasteiger partial charge in [0, 0.05) is 13.1 Å². The van der Waals surface area contributed by atoms with Gasteiger partial charge in [0.25, 0.3) is 0 Å². The van der Waals surface area contributed by atoms with E-state index in [9.17, 15) is 44.1 Å². The number of rotatable bonds is 7. The lowest BCUT2D eigenvalue weighted by Crippen LogP contribution is -2.57. The summed E-state index contributed by atoms with van der Waals surface area (Å²) in [6, 6.07) is -3.93. The van der Waals surface area contributed by atoms with Crippen LogP contribution in [0.25, 0.3) is 0 Å². The van der Waals surface area contributed by atoms with E-state index >= 15 is 0 Å². The summed E-state index contributed by atoms with van der Waals surface area (Å²) >= 11 is 0. The summed E-state index contributed by atoms with van der Waals surface area (Å²) < 4.78 is 5.62. The SMILES string of the molecule is CC(C)[C@@H]1NC(=O)[C@H](CC(=O)O)NC(=O)CNC(=O)[C@H](CCCN=C(N)N)NC(=O)C[C@@H]2O[C@H](CNC1=O)[C@@H](O)[C@H]2O. The Labute approximate surface area is 241 Å². The normalized spacial score (nSPS) is 30.0. The number of amides is 5. The van der Waals surface area contributed by atoms with Gasteiger partial charge in [-0.25, -0.2) is 0 Å². The van der Waals surface area contributed by atoms with Gasteiger partial charge in [-0.3, -0.25) is 33.8 Å². The van der Waals surface area contributed by atoms with Crippen LogP contribution < -0.4 is 38.1 Å². The topological polar surface area (TPSA) is 297 Å². The maximum absolute atomic E-state index is 12.9. The fraction of sp³-hybridized carbons (Fsp3) is 0.708. The highest BCUT2D eigenvalue weighted by atomic mass is 16.5. The van der Waals surface area contributed by atoms with E-state index in [1.54, 1.807) is 13.8 Å². The molecule has 7 atom stereocenters. The largest absolute Gasteiger partial charge is 0.481 e. The molecule has 2 rings (SSSR count). The summed E-state index contributed by atoms with van der Waals surface area (Å²) in [6.07, 6.45) is -6.19. The van der Waals surface area contributed by atoms with Crippen molar-refractivity contribution in [1.29, 1.82) is 0 Å². The zero-order valence-corrected chi connectivity index (χ0v) is 23.4. The van der Waals surface area contributed by atoms with Crippen molar-refractivity contribution >= 4 is 41.5 Å². The Morgan fingerprint density at radius 2 is 1.57 bits per heavy atom. The van der Waals surface area contributed by atoms with Gasteiger partial charge in [-0.2, -0.15) is 0 Å². The van der Waals surface area contributed by atoms with Gasteiger partial charge < -0.3 is 58.1 Å². The zero-order chi connectivity index (χ0) is 31.6. The molecule has 2 heterocycles. The number of nitrogens with zero attached hydrogens (tertiary/aromatic N) is 1. The van der Waals surface area contributed by atoms with E-state index in [0.29, 0.717) is 0 Å². The number of fused-ring (bicyclic) bond motifs is 2. The van der Waals surface area contributed by atoms with Gasteiger partial charge in [-0.1, -0.05) is 13.8 Å². The molecular formula is C24H40N8O10. The molecule has 0 aromatic rings. The molecule has 0 aromatic heterocycles. The number of aliphatic hydroxyl groups excluding tert-OH is 2. The number of carboxylic acids is 1. The van der Waals surface area contributed by atoms with Crippen LogP contribution in [-0.2, 0) is 33.5 Å². The number of hydrogen-bond acceptors (Lipinski definition) is 10. The van der Waals surface area contributed by atoms with Crippen LogP contribution in [0.3, 0.4) is 0 Å². The van der Waals surface area contributed by atoms with Crippen LogP contribution in [0.4, 0.5) is 0 Å². The Morgan fingerprint density at radius 3 is 2.19 bits per heavy atom. The number of carbonyl (C=O) groups excluding carboxylic acids is 5. The van der Waals surface area contributed by atoms with Gasteiger partial charge in [0.1, 0.15) is 36.4 Å². The van der Waals surface area contributed by atoms with Crippen LogP contribution >= 0.6 is 0 Å². The molecule has 0 spiro atoms. The summed E-state index contributed by atoms with van der Waals surface area (Å²) in [5, 5.41) is 42.1. The number of aliphatic hydroxyl groups is 2. The number of aliphatic carboxylic acids is 1. The lowest BCUT2D eigenvalue weighted by Gasteiger charge is -2.25. The molecule has 18 heteroatoms. The van der Waals surface area contributed by atoms with E-state index in [1.165, 1.54) is 0 Å². The maximum atomic E-state index is 12.9. The fourth-order valence-corrected chi connectivity index (χ4v) is 4.39. The van der Waals surface area contributed by atoms with Crippen LogP contribution in [0.2, 0.25) is 0 Å². The van der Waals surface area contributed by atoms with Gasteiger partial charge in [-0.05, 0) is 18.8 Å². The summed E-state index contributed by atoms with van der Waals surface area (Å²) in [5.41, 5.74) is 10.6. The van der Waals surface area contributed by atoms with E-state index in [-0.39, 0.29) is 31.9 Å². The number of guanidine groups is 1. The molecule has 236 valence electrons. The Bertz CT molecular complexity index is 1050. The molecule has 2 fully saturated rings. The van der Waals surface area contributed by atoms with Crippen molar-refractivity contribution in [3.8, 4) is 0 Å². The number of nitrogens with two attached hydrogens (primary N) is 2. The summed E-state index contributed by atoms with van der Waals surface area (Å²) in [5.74, 6) is -6.10. The number of ether oxygens (including phenoxy) is 1. The third-order valence-corrected chi connectivity index (χ3v) is 6.62. The van der Waals surface area contributed by atoms with Crippen molar-refractivity contribution in [3.05, 3.63) is 0 Å². The van der Waals surface area contributed by atoms with E-state index in [0.717, 1.165) is 0 Å². The molecule has 12 N–H and O–H groups in total. The lowest BCUT2D eigenvalue weighted by molar-refractivity contribution is -0.141. The van der Waals surface area contributed by atoms with Crippen molar-refractivity contribution in [2.75, 3.05) is 19.6 Å². The highest BCUT2D eigenvalue weighted by molar-refractivity contribution is 5.95. The monoisotopic (exact) mass is 600 g/mol. The first-order chi connectivity index (χ1) is 19.7. The first-order valence-corrected chi connectivity index (χ1v) is 13.4. The van der Waals surface area contributed by atoms with Crippen LogP contribution in [0.1, 0.15) is 39.5 Å². The second-order valence-electron chi connectivity index (χ2n) is 10.4. The van der Waals surface area contributed by atoms with Crippen LogP contribution in [0.5, 0.6) is 0 Å². The maximum Gasteiger partial charge on any atom is 0.305 e. The molecule has 5 amide bonds. The fourth-order valence-electron chi connectivity index (χ4n) is 4.39. The van der Waals surface area contributed by atoms with Gasteiger partial charge in [0.2, 0.25) is 29.5 Å². The van der Waals surface area contributed by atoms with Gasteiger partial charge in [-0.15, -0.1) is 0 Å². The smallest absolute Gasteiger partial charge is 0.305 e. The molecule has 0 aliphatic carbocycles. The summed E-state index contributed by atoms with van der Waals surface area (Å²) in [4.78, 5) is 79.3. The van der Waals surface area contributed by atoms with E-state index in [2.05, 4.69) is 31.6 Å². The Kier molecular flexibility index (Phi) is 12.9. The zero-order valence-electron chi connectivity index (χ0n) is 23.4. The molecule has 2 saturated heterocycles. The molecule has 0 unspecified atom stereocenters. The number of aliphatic imine (C=N–C) groups is 1. The minimum atomic E-state index is -1.59. The van der Waals surface area contributed by atoms with Gasteiger partial charge in [0.05, 0.1) is 25.5 Å². The van der Waals surface area contributed by atoms with Crippen molar-refractivity contribution in [3.63, 3.8) is 0 Å². The Hall–Kier alpha value is -4.03. The molecule has 2 aliphatic rings. The first-order valence-electron chi connectivity index (χ1n) is 13.4. The molecule has 0 saturated carbocycles. The number of carbonyl (C=O) groups is 6. The van der Waals surface area contributed by atoms with Crippen LogP contribution in [-0.4, -0.2) is 119 Å². The molecule has 0 radical (unpaired) electrons.